The molecule has 2 aliphatic heterocycles. The second kappa shape index (κ2) is 13.9. The minimum absolute atomic E-state index is 0.113. The summed E-state index contributed by atoms with van der Waals surface area (Å²) in [5.74, 6) is -3.84. The minimum atomic E-state index is -3.13. The molecule has 2 amide bonds. The predicted octanol–water partition coefficient (Wildman–Crippen LogP) is 4.17. The fourth-order valence-corrected chi connectivity index (χ4v) is 6.35. The van der Waals surface area contributed by atoms with Crippen LogP contribution in [-0.4, -0.2) is 97.8 Å². The molecule has 0 atom stereocenters. The van der Waals surface area contributed by atoms with Crippen molar-refractivity contribution in [3.05, 3.63) is 54.6 Å². The van der Waals surface area contributed by atoms with E-state index in [1.807, 2.05) is 0 Å². The summed E-state index contributed by atoms with van der Waals surface area (Å²) in [5, 5.41) is 14.6. The van der Waals surface area contributed by atoms with Crippen molar-refractivity contribution in [2.45, 2.75) is 55.0 Å². The summed E-state index contributed by atoms with van der Waals surface area (Å²) in [7, 11) is 0. The van der Waals surface area contributed by atoms with Gasteiger partial charge in [-0.25, -0.2) is 18.3 Å². The lowest BCUT2D eigenvalue weighted by Gasteiger charge is -2.33. The van der Waals surface area contributed by atoms with Crippen LogP contribution in [0.1, 0.15) is 30.1 Å². The van der Waals surface area contributed by atoms with Gasteiger partial charge in [-0.2, -0.15) is 19.0 Å². The molecule has 6 rings (SSSR count). The van der Waals surface area contributed by atoms with E-state index in [1.165, 1.54) is 45.6 Å². The summed E-state index contributed by atoms with van der Waals surface area (Å²) < 4.78 is 66.4. The Morgan fingerprint density at radius 2 is 2.00 bits per heavy atom. The van der Waals surface area contributed by atoms with E-state index >= 15 is 0 Å². The van der Waals surface area contributed by atoms with Crippen molar-refractivity contribution in [3.63, 3.8) is 0 Å². The summed E-state index contributed by atoms with van der Waals surface area (Å²) in [6, 6.07) is 6.25. The lowest BCUT2D eigenvalue weighted by Crippen LogP contribution is -2.47. The third kappa shape index (κ3) is 8.02. The Morgan fingerprint density at radius 3 is 2.70 bits per heavy atom. The van der Waals surface area contributed by atoms with Gasteiger partial charge in [0.05, 0.1) is 36.9 Å². The summed E-state index contributed by atoms with van der Waals surface area (Å²) >= 11 is 1.51. The van der Waals surface area contributed by atoms with Gasteiger partial charge >= 0.3 is 6.61 Å². The average Bonchev–Trinajstić information content (AvgIpc) is 3.62. The number of amides is 2. The van der Waals surface area contributed by atoms with E-state index in [0.29, 0.717) is 44.8 Å². The molecule has 17 heteroatoms. The Balaban J connectivity index is 1.27. The first-order valence-corrected chi connectivity index (χ1v) is 15.8. The van der Waals surface area contributed by atoms with Gasteiger partial charge in [-0.05, 0) is 37.1 Å². The number of hydrogen-bond acceptors (Lipinski definition) is 9. The number of anilines is 1. The van der Waals surface area contributed by atoms with E-state index < -0.39 is 25.0 Å². The number of piperidine rings is 1. The number of aromatic nitrogens is 5. The zero-order valence-electron chi connectivity index (χ0n) is 25.2. The number of halogens is 4. The number of nitrogens with zero attached hydrogens (tertiary/aromatic N) is 6. The van der Waals surface area contributed by atoms with Crippen molar-refractivity contribution in [1.29, 1.82) is 0 Å². The first kappa shape index (κ1) is 32.7. The molecule has 0 spiro atoms. The van der Waals surface area contributed by atoms with Crippen molar-refractivity contribution in [2.24, 2.45) is 0 Å². The number of ether oxygens (including phenoxy) is 2. The second-order valence-corrected chi connectivity index (χ2v) is 12.8. The van der Waals surface area contributed by atoms with Gasteiger partial charge in [0.1, 0.15) is 23.6 Å². The zero-order valence-corrected chi connectivity index (χ0v) is 26.1. The van der Waals surface area contributed by atoms with Gasteiger partial charge < -0.3 is 25.0 Å². The molecule has 2 fully saturated rings. The van der Waals surface area contributed by atoms with Crippen LogP contribution in [0.4, 0.5) is 23.2 Å². The Labute approximate surface area is 270 Å². The van der Waals surface area contributed by atoms with Crippen LogP contribution in [0.3, 0.4) is 0 Å². The first-order valence-electron chi connectivity index (χ1n) is 14.9. The summed E-state index contributed by atoms with van der Waals surface area (Å²) in [6.07, 6.45) is 6.97. The van der Waals surface area contributed by atoms with Crippen LogP contribution in [-0.2, 0) is 16.1 Å². The fraction of sp³-hybridized carbons (Fsp3) is 0.433. The minimum Gasteiger partial charge on any atom is -0.434 e. The highest BCUT2D eigenvalue weighted by atomic mass is 32.2. The SMILES string of the molecule is CC(F)(F)CNC1CCN(C(=O)Cn2cc(NC(=O)c3cnn4cccnc34)c(-c3cc(SC4COC4)ccc3OC(F)F)n2)CC1. The van der Waals surface area contributed by atoms with Gasteiger partial charge in [0, 0.05) is 55.1 Å². The Morgan fingerprint density at radius 1 is 1.21 bits per heavy atom. The standard InChI is InChI=1S/C30H32F4N8O4S/c1-30(33,34)17-36-18-5-9-40(10-6-18)25(43)14-41-13-23(38-28(44)22-12-37-42-8-2-7-35-27(22)42)26(39-41)21-11-19(47-20-15-45-16-20)3-4-24(21)46-29(31)32/h2-4,7-8,11-13,18,20,29,36H,5-6,9-10,14-17H2,1H3,(H,38,44). The van der Waals surface area contributed by atoms with Gasteiger partial charge in [-0.1, -0.05) is 0 Å². The number of benzene rings is 1. The second-order valence-electron chi connectivity index (χ2n) is 11.4. The van der Waals surface area contributed by atoms with Crippen LogP contribution in [0.5, 0.6) is 5.75 Å². The van der Waals surface area contributed by atoms with Crippen molar-refractivity contribution < 1.29 is 36.6 Å². The molecular formula is C30H32F4N8O4S. The lowest BCUT2D eigenvalue weighted by molar-refractivity contribution is -0.133. The quantitative estimate of drug-likeness (QED) is 0.213. The molecule has 1 aromatic carbocycles. The molecule has 0 saturated carbocycles. The largest absolute Gasteiger partial charge is 0.434 e. The van der Waals surface area contributed by atoms with Gasteiger partial charge in [0.2, 0.25) is 5.91 Å². The number of fused-ring (bicyclic) bond motifs is 1. The smallest absolute Gasteiger partial charge is 0.387 e. The maximum atomic E-state index is 13.5. The van der Waals surface area contributed by atoms with Crippen LogP contribution >= 0.6 is 11.8 Å². The summed E-state index contributed by atoms with van der Waals surface area (Å²) in [5.41, 5.74) is 0.917. The van der Waals surface area contributed by atoms with Crippen LogP contribution < -0.4 is 15.4 Å². The van der Waals surface area contributed by atoms with Crippen molar-refractivity contribution in [3.8, 4) is 17.0 Å². The molecule has 4 aromatic rings. The maximum Gasteiger partial charge on any atom is 0.387 e. The molecule has 0 unspecified atom stereocenters. The molecule has 0 radical (unpaired) electrons. The van der Waals surface area contributed by atoms with Crippen molar-refractivity contribution >= 4 is 34.9 Å². The molecule has 3 aromatic heterocycles. The molecule has 5 heterocycles. The van der Waals surface area contributed by atoms with Crippen LogP contribution in [0, 0.1) is 0 Å². The number of carbonyl (C=O) groups is 2. The highest BCUT2D eigenvalue weighted by Gasteiger charge is 2.28. The van der Waals surface area contributed by atoms with Crippen molar-refractivity contribution in [2.75, 3.05) is 38.2 Å². The normalized spacial score (nSPS) is 16.1. The molecule has 2 aliphatic rings. The topological polar surface area (TPSA) is 128 Å². The van der Waals surface area contributed by atoms with Crippen LogP contribution in [0.15, 0.2) is 53.9 Å². The van der Waals surface area contributed by atoms with Gasteiger partial charge in [-0.3, -0.25) is 14.3 Å². The fourth-order valence-electron chi connectivity index (χ4n) is 5.31. The monoisotopic (exact) mass is 676 g/mol. The number of rotatable bonds is 12. The van der Waals surface area contributed by atoms with E-state index in [2.05, 4.69) is 25.8 Å². The number of nitrogens with one attached hydrogen (secondary N) is 2. The Bertz CT molecular complexity index is 1730. The van der Waals surface area contributed by atoms with E-state index in [-0.39, 0.29) is 52.0 Å². The molecule has 2 saturated heterocycles. The summed E-state index contributed by atoms with van der Waals surface area (Å²) in [4.78, 5) is 33.4. The molecule has 250 valence electrons. The molecule has 12 nitrogen and oxygen atoms in total. The third-order valence-electron chi connectivity index (χ3n) is 7.71. The van der Waals surface area contributed by atoms with Crippen molar-refractivity contribution in [1.82, 2.24) is 34.6 Å². The number of hydrogen-bond donors (Lipinski definition) is 2. The van der Waals surface area contributed by atoms with Crippen LogP contribution in [0.2, 0.25) is 0 Å². The number of thioether (sulfide) groups is 1. The average molecular weight is 677 g/mol. The maximum absolute atomic E-state index is 13.5. The molecule has 0 aliphatic carbocycles. The van der Waals surface area contributed by atoms with Gasteiger partial charge in [-0.15, -0.1) is 11.8 Å². The van der Waals surface area contributed by atoms with E-state index in [1.54, 1.807) is 29.3 Å². The number of alkyl halides is 4. The molecule has 2 N–H and O–H groups in total. The lowest BCUT2D eigenvalue weighted by atomic mass is 10.0. The Hall–Kier alpha value is -4.22. The van der Waals surface area contributed by atoms with E-state index in [0.717, 1.165) is 11.8 Å². The summed E-state index contributed by atoms with van der Waals surface area (Å²) in [6.45, 7) is -1.09. The Kier molecular flexibility index (Phi) is 9.65. The third-order valence-corrected chi connectivity index (χ3v) is 8.84. The van der Waals surface area contributed by atoms with E-state index in [4.69, 9.17) is 9.47 Å². The van der Waals surface area contributed by atoms with Crippen LogP contribution in [0.25, 0.3) is 16.9 Å². The number of carbonyl (C=O) groups excluding carboxylic acids is 2. The predicted molar refractivity (Wildman–Crippen MR) is 164 cm³/mol. The van der Waals surface area contributed by atoms with Gasteiger partial charge in [0.25, 0.3) is 11.8 Å². The number of likely N-dealkylation sites (tertiary alicyclic amines) is 1. The molecular weight excluding hydrogens is 644 g/mol. The molecule has 47 heavy (non-hydrogen) atoms. The zero-order chi connectivity index (χ0) is 33.1. The first-order chi connectivity index (χ1) is 22.5. The highest BCUT2D eigenvalue weighted by molar-refractivity contribution is 8.00. The van der Waals surface area contributed by atoms with Gasteiger partial charge in [0.15, 0.2) is 5.65 Å². The highest BCUT2D eigenvalue weighted by Crippen LogP contribution is 2.39. The van der Waals surface area contributed by atoms with E-state index in [9.17, 15) is 27.2 Å². The molecule has 0 bridgehead atoms.